The van der Waals surface area contributed by atoms with Crippen LogP contribution in [0, 0.1) is 0 Å². The van der Waals surface area contributed by atoms with Crippen molar-refractivity contribution < 1.29 is 4.79 Å². The molecule has 0 aliphatic rings. The second kappa shape index (κ2) is 3.82. The summed E-state index contributed by atoms with van der Waals surface area (Å²) in [5.74, 6) is -0.266. The van der Waals surface area contributed by atoms with Crippen molar-refractivity contribution in [2.45, 2.75) is 13.0 Å². The molecule has 0 radical (unpaired) electrons. The van der Waals surface area contributed by atoms with Crippen molar-refractivity contribution in [2.24, 2.45) is 5.73 Å². The van der Waals surface area contributed by atoms with Crippen molar-refractivity contribution in [3.63, 3.8) is 0 Å². The summed E-state index contributed by atoms with van der Waals surface area (Å²) in [5.41, 5.74) is 7.10. The van der Waals surface area contributed by atoms with E-state index in [-0.39, 0.29) is 11.6 Å². The van der Waals surface area contributed by atoms with Crippen LogP contribution < -0.4 is 16.7 Å². The zero-order chi connectivity index (χ0) is 11.7. The summed E-state index contributed by atoms with van der Waals surface area (Å²) in [7, 11) is 0. The number of aromatic nitrogens is 2. The van der Waals surface area contributed by atoms with Gasteiger partial charge < -0.3 is 21.0 Å². The molecule has 1 amide bonds. The van der Waals surface area contributed by atoms with Gasteiger partial charge in [0.15, 0.2) is 0 Å². The highest BCUT2D eigenvalue weighted by Gasteiger charge is 2.08. The number of benzene rings is 1. The molecule has 6 heteroatoms. The maximum absolute atomic E-state index is 11.3. The van der Waals surface area contributed by atoms with Gasteiger partial charge in [0.25, 0.3) is 0 Å². The molecule has 1 aromatic carbocycles. The Hall–Kier alpha value is -2.08. The number of amides is 1. The van der Waals surface area contributed by atoms with Crippen LogP contribution in [-0.2, 0) is 4.79 Å². The van der Waals surface area contributed by atoms with Crippen LogP contribution in [0.4, 0.5) is 5.69 Å². The fourth-order valence-corrected chi connectivity index (χ4v) is 1.37. The Bertz CT molecular complexity index is 582. The zero-order valence-corrected chi connectivity index (χ0v) is 8.70. The fraction of sp³-hybridized carbons (Fsp3) is 0.200. The standard InChI is InChI=1S/C10H12N4O2/c1-5(11)9(15)12-6-2-3-7-8(4-6)14-10(16)13-7/h2-5H,11H2,1H3,(H,12,15)(H2,13,14,16)/t5-/m0/s1. The Morgan fingerprint density at radius 2 is 2.06 bits per heavy atom. The first kappa shape index (κ1) is 10.4. The molecule has 5 N–H and O–H groups in total. The molecule has 0 spiro atoms. The Balaban J connectivity index is 2.32. The maximum atomic E-state index is 11.3. The third-order valence-electron chi connectivity index (χ3n) is 2.20. The number of anilines is 1. The summed E-state index contributed by atoms with van der Waals surface area (Å²) in [5, 5.41) is 2.64. The van der Waals surface area contributed by atoms with E-state index >= 15 is 0 Å². The smallest absolute Gasteiger partial charge is 0.323 e. The molecule has 0 unspecified atom stereocenters. The lowest BCUT2D eigenvalue weighted by Gasteiger charge is -2.07. The van der Waals surface area contributed by atoms with Crippen LogP contribution in [0.2, 0.25) is 0 Å². The number of fused-ring (bicyclic) bond motifs is 1. The first-order valence-corrected chi connectivity index (χ1v) is 4.85. The number of rotatable bonds is 2. The number of carbonyl (C=O) groups excluding carboxylic acids is 1. The zero-order valence-electron chi connectivity index (χ0n) is 8.70. The molecule has 2 aromatic rings. The van der Waals surface area contributed by atoms with Gasteiger partial charge in [0.1, 0.15) is 0 Å². The molecule has 2 rings (SSSR count). The summed E-state index contributed by atoms with van der Waals surface area (Å²) in [6.45, 7) is 1.60. The minimum absolute atomic E-state index is 0.266. The molecule has 0 aliphatic heterocycles. The SMILES string of the molecule is C[C@H](N)C(=O)Nc1ccc2[nH]c(=O)[nH]c2c1. The number of carbonyl (C=O) groups is 1. The van der Waals surface area contributed by atoms with Crippen molar-refractivity contribution in [2.75, 3.05) is 5.32 Å². The Morgan fingerprint density at radius 3 is 2.75 bits per heavy atom. The molecular weight excluding hydrogens is 208 g/mol. The summed E-state index contributed by atoms with van der Waals surface area (Å²) in [6, 6.07) is 4.52. The van der Waals surface area contributed by atoms with Crippen molar-refractivity contribution in [1.82, 2.24) is 9.97 Å². The molecule has 1 heterocycles. The number of nitrogens with two attached hydrogens (primary N) is 1. The van der Waals surface area contributed by atoms with Gasteiger partial charge >= 0.3 is 5.69 Å². The lowest BCUT2D eigenvalue weighted by molar-refractivity contribution is -0.117. The van der Waals surface area contributed by atoms with Gasteiger partial charge in [0.05, 0.1) is 17.1 Å². The summed E-state index contributed by atoms with van der Waals surface area (Å²) < 4.78 is 0. The van der Waals surface area contributed by atoms with E-state index in [9.17, 15) is 9.59 Å². The van der Waals surface area contributed by atoms with Gasteiger partial charge in [0, 0.05) is 5.69 Å². The van der Waals surface area contributed by atoms with Gasteiger partial charge in [-0.3, -0.25) is 4.79 Å². The Kier molecular flexibility index (Phi) is 2.49. The van der Waals surface area contributed by atoms with E-state index in [1.54, 1.807) is 25.1 Å². The second-order valence-electron chi connectivity index (χ2n) is 3.62. The van der Waals surface area contributed by atoms with Crippen LogP contribution in [0.1, 0.15) is 6.92 Å². The fourth-order valence-electron chi connectivity index (χ4n) is 1.37. The number of hydrogen-bond donors (Lipinski definition) is 4. The van der Waals surface area contributed by atoms with Crippen molar-refractivity contribution in [3.05, 3.63) is 28.7 Å². The molecular formula is C10H12N4O2. The molecule has 0 saturated heterocycles. The van der Waals surface area contributed by atoms with Crippen LogP contribution in [0.3, 0.4) is 0 Å². The monoisotopic (exact) mass is 220 g/mol. The lowest BCUT2D eigenvalue weighted by atomic mass is 10.2. The molecule has 0 aliphatic carbocycles. The highest BCUT2D eigenvalue weighted by molar-refractivity contribution is 5.95. The molecule has 16 heavy (non-hydrogen) atoms. The Labute approximate surface area is 90.8 Å². The quantitative estimate of drug-likeness (QED) is 0.578. The van der Waals surface area contributed by atoms with Crippen molar-refractivity contribution >= 4 is 22.6 Å². The minimum atomic E-state index is -0.569. The summed E-state index contributed by atoms with van der Waals surface area (Å²) >= 11 is 0. The van der Waals surface area contributed by atoms with Crippen LogP contribution >= 0.6 is 0 Å². The molecule has 1 aromatic heterocycles. The number of aromatic amines is 2. The molecule has 0 saturated carbocycles. The van der Waals surface area contributed by atoms with Gasteiger partial charge in [-0.2, -0.15) is 0 Å². The predicted octanol–water partition coefficient (Wildman–Crippen LogP) is 0.142. The van der Waals surface area contributed by atoms with Crippen LogP contribution in [0.25, 0.3) is 11.0 Å². The first-order valence-electron chi connectivity index (χ1n) is 4.85. The molecule has 0 fully saturated rings. The highest BCUT2D eigenvalue weighted by Crippen LogP contribution is 2.14. The maximum Gasteiger partial charge on any atom is 0.323 e. The van der Waals surface area contributed by atoms with Gasteiger partial charge in [-0.25, -0.2) is 4.79 Å². The van der Waals surface area contributed by atoms with E-state index in [1.807, 2.05) is 0 Å². The average molecular weight is 220 g/mol. The van der Waals surface area contributed by atoms with Gasteiger partial charge in [0.2, 0.25) is 5.91 Å². The third-order valence-corrected chi connectivity index (χ3v) is 2.20. The number of imidazole rings is 1. The highest BCUT2D eigenvalue weighted by atomic mass is 16.2. The van der Waals surface area contributed by atoms with Crippen LogP contribution in [-0.4, -0.2) is 21.9 Å². The van der Waals surface area contributed by atoms with Gasteiger partial charge in [-0.05, 0) is 25.1 Å². The largest absolute Gasteiger partial charge is 0.325 e. The molecule has 84 valence electrons. The van der Waals surface area contributed by atoms with Crippen LogP contribution in [0.5, 0.6) is 0 Å². The predicted molar refractivity (Wildman–Crippen MR) is 61.2 cm³/mol. The average Bonchev–Trinajstić information content (AvgIpc) is 2.57. The van der Waals surface area contributed by atoms with Crippen molar-refractivity contribution in [1.29, 1.82) is 0 Å². The lowest BCUT2D eigenvalue weighted by Crippen LogP contribution is -2.32. The number of hydrogen-bond acceptors (Lipinski definition) is 3. The van der Waals surface area contributed by atoms with E-state index < -0.39 is 6.04 Å². The van der Waals surface area contributed by atoms with E-state index in [4.69, 9.17) is 5.73 Å². The number of H-pyrrole nitrogens is 2. The third kappa shape index (κ3) is 1.96. The Morgan fingerprint density at radius 1 is 1.38 bits per heavy atom. The summed E-state index contributed by atoms with van der Waals surface area (Å²) in [6.07, 6.45) is 0. The topological polar surface area (TPSA) is 104 Å². The molecule has 1 atom stereocenters. The summed E-state index contributed by atoms with van der Waals surface area (Å²) in [4.78, 5) is 27.6. The van der Waals surface area contributed by atoms with Gasteiger partial charge in [-0.15, -0.1) is 0 Å². The van der Waals surface area contributed by atoms with E-state index in [0.29, 0.717) is 16.7 Å². The van der Waals surface area contributed by atoms with E-state index in [0.717, 1.165) is 0 Å². The van der Waals surface area contributed by atoms with E-state index in [2.05, 4.69) is 15.3 Å². The van der Waals surface area contributed by atoms with Crippen LogP contribution in [0.15, 0.2) is 23.0 Å². The second-order valence-corrected chi connectivity index (χ2v) is 3.62. The first-order chi connectivity index (χ1) is 7.56. The number of nitrogens with one attached hydrogen (secondary N) is 3. The molecule has 0 bridgehead atoms. The molecule has 6 nitrogen and oxygen atoms in total. The van der Waals surface area contributed by atoms with Crippen molar-refractivity contribution in [3.8, 4) is 0 Å². The normalized spacial score (nSPS) is 12.6. The van der Waals surface area contributed by atoms with E-state index in [1.165, 1.54) is 0 Å². The van der Waals surface area contributed by atoms with Gasteiger partial charge in [-0.1, -0.05) is 0 Å². The minimum Gasteiger partial charge on any atom is -0.325 e.